The summed E-state index contributed by atoms with van der Waals surface area (Å²) in [5.41, 5.74) is 11.1. The van der Waals surface area contributed by atoms with Gasteiger partial charge in [-0.1, -0.05) is 17.7 Å². The molecule has 0 radical (unpaired) electrons. The molecule has 0 aliphatic rings. The van der Waals surface area contributed by atoms with Crippen LogP contribution >= 0.6 is 11.6 Å². The number of benzene rings is 1. The van der Waals surface area contributed by atoms with E-state index in [4.69, 9.17) is 23.1 Å². The van der Waals surface area contributed by atoms with Gasteiger partial charge in [-0.3, -0.25) is 4.79 Å². The Kier molecular flexibility index (Phi) is 5.41. The highest BCUT2D eigenvalue weighted by molar-refractivity contribution is 6.31. The number of hydrogen-bond donors (Lipinski definition) is 3. The van der Waals surface area contributed by atoms with Crippen molar-refractivity contribution in [2.24, 2.45) is 11.5 Å². The Labute approximate surface area is 109 Å². The topological polar surface area (TPSA) is 107 Å². The molecule has 0 unspecified atom stereocenters. The quantitative estimate of drug-likeness (QED) is 0.659. The molecule has 7 heteroatoms. The van der Waals surface area contributed by atoms with E-state index in [0.29, 0.717) is 23.7 Å². The Morgan fingerprint density at radius 1 is 1.33 bits per heavy atom. The normalized spacial score (nSPS) is 10.1. The van der Waals surface area contributed by atoms with Crippen molar-refractivity contribution >= 4 is 23.6 Å². The second-order valence-corrected chi connectivity index (χ2v) is 3.92. The lowest BCUT2D eigenvalue weighted by molar-refractivity contribution is 0.1000. The maximum Gasteiger partial charge on any atom is 0.404 e. The average Bonchev–Trinajstić information content (AvgIpc) is 2.29. The second-order valence-electron chi connectivity index (χ2n) is 3.51. The maximum atomic E-state index is 10.9. The third-order valence-electron chi connectivity index (χ3n) is 2.18. The molecule has 98 valence electrons. The van der Waals surface area contributed by atoms with Crippen molar-refractivity contribution in [2.75, 3.05) is 13.2 Å². The number of carbonyl (C=O) groups excluding carboxylic acids is 2. The van der Waals surface area contributed by atoms with Crippen LogP contribution in [0.15, 0.2) is 18.2 Å². The Morgan fingerprint density at radius 3 is 2.61 bits per heavy atom. The SMILES string of the molecule is NC(=O)OCCNCc1ccc(C(N)=O)cc1Cl. The Balaban J connectivity index is 2.43. The van der Waals surface area contributed by atoms with Crippen molar-refractivity contribution in [1.29, 1.82) is 0 Å². The summed E-state index contributed by atoms with van der Waals surface area (Å²) in [5, 5.41) is 3.47. The highest BCUT2D eigenvalue weighted by Gasteiger charge is 2.05. The van der Waals surface area contributed by atoms with Gasteiger partial charge < -0.3 is 21.5 Å². The van der Waals surface area contributed by atoms with E-state index in [1.165, 1.54) is 6.07 Å². The molecule has 0 saturated heterocycles. The molecule has 0 bridgehead atoms. The van der Waals surface area contributed by atoms with E-state index >= 15 is 0 Å². The summed E-state index contributed by atoms with van der Waals surface area (Å²) in [7, 11) is 0. The van der Waals surface area contributed by atoms with Crippen molar-refractivity contribution in [3.05, 3.63) is 34.3 Å². The Hall–Kier alpha value is -1.79. The van der Waals surface area contributed by atoms with Gasteiger partial charge in [0, 0.05) is 23.7 Å². The number of nitrogens with two attached hydrogens (primary N) is 2. The zero-order chi connectivity index (χ0) is 13.5. The van der Waals surface area contributed by atoms with E-state index in [2.05, 4.69) is 10.1 Å². The van der Waals surface area contributed by atoms with Crippen LogP contribution in [0, 0.1) is 0 Å². The van der Waals surface area contributed by atoms with Crippen molar-refractivity contribution in [1.82, 2.24) is 5.32 Å². The minimum Gasteiger partial charge on any atom is -0.448 e. The van der Waals surface area contributed by atoms with Gasteiger partial charge >= 0.3 is 6.09 Å². The minimum absolute atomic E-state index is 0.187. The van der Waals surface area contributed by atoms with Crippen LogP contribution in [-0.4, -0.2) is 25.2 Å². The minimum atomic E-state index is -0.805. The molecule has 18 heavy (non-hydrogen) atoms. The lowest BCUT2D eigenvalue weighted by Crippen LogP contribution is -2.23. The summed E-state index contributed by atoms with van der Waals surface area (Å²) < 4.78 is 4.54. The van der Waals surface area contributed by atoms with Gasteiger partial charge in [-0.25, -0.2) is 4.79 Å². The van der Waals surface area contributed by atoms with Crippen molar-refractivity contribution in [3.8, 4) is 0 Å². The first-order valence-corrected chi connectivity index (χ1v) is 5.59. The predicted octanol–water partition coefficient (Wildman–Crippen LogP) is 0.624. The first kappa shape index (κ1) is 14.3. The summed E-state index contributed by atoms with van der Waals surface area (Å²) in [6, 6.07) is 4.83. The molecule has 0 fully saturated rings. The number of primary amides is 2. The summed E-state index contributed by atoms with van der Waals surface area (Å²) in [6.45, 7) is 1.13. The van der Waals surface area contributed by atoms with Crippen LogP contribution in [0.2, 0.25) is 5.02 Å². The molecular weight excluding hydrogens is 258 g/mol. The fourth-order valence-corrected chi connectivity index (χ4v) is 1.54. The van der Waals surface area contributed by atoms with Crippen LogP contribution in [0.4, 0.5) is 4.79 Å². The second kappa shape index (κ2) is 6.83. The largest absolute Gasteiger partial charge is 0.448 e. The lowest BCUT2D eigenvalue weighted by Gasteiger charge is -2.07. The molecule has 0 aliphatic carbocycles. The van der Waals surface area contributed by atoms with Crippen LogP contribution in [0.1, 0.15) is 15.9 Å². The van der Waals surface area contributed by atoms with E-state index in [0.717, 1.165) is 5.56 Å². The maximum absolute atomic E-state index is 10.9. The smallest absolute Gasteiger partial charge is 0.404 e. The molecule has 2 amide bonds. The monoisotopic (exact) mass is 271 g/mol. The van der Waals surface area contributed by atoms with Gasteiger partial charge in [-0.15, -0.1) is 0 Å². The van der Waals surface area contributed by atoms with Gasteiger partial charge in [0.15, 0.2) is 0 Å². The summed E-state index contributed by atoms with van der Waals surface area (Å²) in [4.78, 5) is 21.2. The van der Waals surface area contributed by atoms with Gasteiger partial charge in [0.2, 0.25) is 5.91 Å². The number of carbonyl (C=O) groups is 2. The van der Waals surface area contributed by atoms with Crippen LogP contribution in [0.3, 0.4) is 0 Å². The fourth-order valence-electron chi connectivity index (χ4n) is 1.29. The summed E-state index contributed by atoms with van der Waals surface area (Å²) >= 11 is 5.98. The van der Waals surface area contributed by atoms with Crippen LogP contribution in [0.25, 0.3) is 0 Å². The molecule has 5 N–H and O–H groups in total. The van der Waals surface area contributed by atoms with Gasteiger partial charge in [0.05, 0.1) is 0 Å². The number of rotatable bonds is 6. The molecule has 0 aliphatic heterocycles. The molecule has 1 rings (SSSR count). The molecule has 0 aromatic heterocycles. The van der Waals surface area contributed by atoms with Crippen molar-refractivity contribution in [3.63, 3.8) is 0 Å². The number of amides is 2. The third kappa shape index (κ3) is 4.60. The molecule has 0 heterocycles. The summed E-state index contributed by atoms with van der Waals surface area (Å²) in [5.74, 6) is -0.522. The zero-order valence-corrected chi connectivity index (χ0v) is 10.4. The number of hydrogen-bond acceptors (Lipinski definition) is 4. The first-order chi connectivity index (χ1) is 8.50. The Morgan fingerprint density at radius 2 is 2.06 bits per heavy atom. The molecule has 1 aromatic carbocycles. The highest BCUT2D eigenvalue weighted by Crippen LogP contribution is 2.17. The highest BCUT2D eigenvalue weighted by atomic mass is 35.5. The van der Waals surface area contributed by atoms with Crippen LogP contribution < -0.4 is 16.8 Å². The van der Waals surface area contributed by atoms with E-state index in [-0.39, 0.29) is 6.61 Å². The number of nitrogens with one attached hydrogen (secondary N) is 1. The number of halogens is 1. The van der Waals surface area contributed by atoms with E-state index in [9.17, 15) is 9.59 Å². The first-order valence-electron chi connectivity index (χ1n) is 5.22. The van der Waals surface area contributed by atoms with Gasteiger partial charge in [-0.05, 0) is 17.7 Å². The Bertz CT molecular complexity index is 451. The molecule has 0 saturated carbocycles. The van der Waals surface area contributed by atoms with Crippen molar-refractivity contribution in [2.45, 2.75) is 6.54 Å². The van der Waals surface area contributed by atoms with E-state index in [1.807, 2.05) is 0 Å². The summed E-state index contributed by atoms with van der Waals surface area (Å²) in [6.07, 6.45) is -0.805. The molecular formula is C11H14ClN3O3. The van der Waals surface area contributed by atoms with Gasteiger partial charge in [-0.2, -0.15) is 0 Å². The molecule has 6 nitrogen and oxygen atoms in total. The standard InChI is InChI=1S/C11H14ClN3O3/c12-9-5-7(10(13)16)1-2-8(9)6-15-3-4-18-11(14)17/h1-2,5,15H,3-4,6H2,(H2,13,16)(H2,14,17). The van der Waals surface area contributed by atoms with E-state index in [1.54, 1.807) is 12.1 Å². The molecule has 0 spiro atoms. The fraction of sp³-hybridized carbons (Fsp3) is 0.273. The average molecular weight is 272 g/mol. The van der Waals surface area contributed by atoms with Gasteiger partial charge in [0.25, 0.3) is 0 Å². The molecule has 0 atom stereocenters. The number of ether oxygens (including phenoxy) is 1. The molecule has 1 aromatic rings. The van der Waals surface area contributed by atoms with Crippen LogP contribution in [0.5, 0.6) is 0 Å². The van der Waals surface area contributed by atoms with E-state index < -0.39 is 12.0 Å². The third-order valence-corrected chi connectivity index (χ3v) is 2.53. The van der Waals surface area contributed by atoms with Crippen molar-refractivity contribution < 1.29 is 14.3 Å². The predicted molar refractivity (Wildman–Crippen MR) is 67.2 cm³/mol. The zero-order valence-electron chi connectivity index (χ0n) is 9.61. The van der Waals surface area contributed by atoms with Gasteiger partial charge in [0.1, 0.15) is 6.61 Å². The van der Waals surface area contributed by atoms with Crippen LogP contribution in [-0.2, 0) is 11.3 Å². The lowest BCUT2D eigenvalue weighted by atomic mass is 10.1.